The summed E-state index contributed by atoms with van der Waals surface area (Å²) >= 11 is 0. The fourth-order valence-corrected chi connectivity index (χ4v) is 1.63. The SMILES string of the molecule is Nc1cc(F)c(C2CNCCO2)cc1N. The van der Waals surface area contributed by atoms with E-state index in [-0.39, 0.29) is 17.6 Å². The minimum Gasteiger partial charge on any atom is -0.397 e. The van der Waals surface area contributed by atoms with E-state index in [0.29, 0.717) is 24.4 Å². The van der Waals surface area contributed by atoms with Gasteiger partial charge in [-0.1, -0.05) is 0 Å². The van der Waals surface area contributed by atoms with Crippen molar-refractivity contribution in [3.05, 3.63) is 23.5 Å². The quantitative estimate of drug-likeness (QED) is 0.596. The molecule has 0 bridgehead atoms. The number of nitrogens with one attached hydrogen (secondary N) is 1. The number of hydrogen-bond donors (Lipinski definition) is 3. The van der Waals surface area contributed by atoms with E-state index in [1.165, 1.54) is 6.07 Å². The number of benzene rings is 1. The molecule has 1 unspecified atom stereocenters. The second kappa shape index (κ2) is 4.04. The number of nitrogen functional groups attached to an aromatic ring is 2. The molecule has 1 aromatic rings. The van der Waals surface area contributed by atoms with Crippen LogP contribution in [0.15, 0.2) is 12.1 Å². The molecular formula is C10H14FN3O. The molecule has 4 nitrogen and oxygen atoms in total. The van der Waals surface area contributed by atoms with Crippen LogP contribution in [-0.2, 0) is 4.74 Å². The molecular weight excluding hydrogens is 197 g/mol. The number of morpholine rings is 1. The van der Waals surface area contributed by atoms with E-state index in [1.54, 1.807) is 6.07 Å². The Bertz CT molecular complexity index is 364. The highest BCUT2D eigenvalue weighted by Gasteiger charge is 2.20. The second-order valence-corrected chi connectivity index (χ2v) is 3.57. The maximum Gasteiger partial charge on any atom is 0.131 e. The first-order valence-corrected chi connectivity index (χ1v) is 4.85. The topological polar surface area (TPSA) is 73.3 Å². The summed E-state index contributed by atoms with van der Waals surface area (Å²) in [5, 5.41) is 3.13. The van der Waals surface area contributed by atoms with Crippen molar-refractivity contribution < 1.29 is 9.13 Å². The summed E-state index contributed by atoms with van der Waals surface area (Å²) in [5.41, 5.74) is 12.2. The van der Waals surface area contributed by atoms with Crippen molar-refractivity contribution in [3.8, 4) is 0 Å². The van der Waals surface area contributed by atoms with Crippen molar-refractivity contribution in [1.29, 1.82) is 0 Å². The van der Waals surface area contributed by atoms with Gasteiger partial charge in [0.1, 0.15) is 5.82 Å². The van der Waals surface area contributed by atoms with Gasteiger partial charge in [-0.25, -0.2) is 4.39 Å². The fraction of sp³-hybridized carbons (Fsp3) is 0.400. The zero-order valence-corrected chi connectivity index (χ0v) is 8.29. The van der Waals surface area contributed by atoms with Gasteiger partial charge in [0.25, 0.3) is 0 Å². The van der Waals surface area contributed by atoms with Crippen LogP contribution in [0.1, 0.15) is 11.7 Å². The Labute approximate surface area is 87.4 Å². The van der Waals surface area contributed by atoms with E-state index < -0.39 is 0 Å². The summed E-state index contributed by atoms with van der Waals surface area (Å²) < 4.78 is 19.0. The largest absolute Gasteiger partial charge is 0.397 e. The van der Waals surface area contributed by atoms with Gasteiger partial charge < -0.3 is 21.5 Å². The molecule has 5 N–H and O–H groups in total. The molecule has 0 amide bonds. The Hall–Kier alpha value is -1.33. The van der Waals surface area contributed by atoms with Crippen LogP contribution in [0.5, 0.6) is 0 Å². The average Bonchev–Trinajstić information content (AvgIpc) is 2.25. The van der Waals surface area contributed by atoms with Crippen LogP contribution in [0.4, 0.5) is 15.8 Å². The number of rotatable bonds is 1. The lowest BCUT2D eigenvalue weighted by Gasteiger charge is -2.24. The van der Waals surface area contributed by atoms with E-state index in [1.807, 2.05) is 0 Å². The summed E-state index contributed by atoms with van der Waals surface area (Å²) in [6, 6.07) is 2.78. The van der Waals surface area contributed by atoms with Gasteiger partial charge in [0, 0.05) is 18.7 Å². The summed E-state index contributed by atoms with van der Waals surface area (Å²) in [4.78, 5) is 0. The van der Waals surface area contributed by atoms with E-state index in [2.05, 4.69) is 5.32 Å². The standard InChI is InChI=1S/C10H14FN3O/c11-7-4-9(13)8(12)3-6(7)10-5-14-1-2-15-10/h3-4,10,14H,1-2,5,12-13H2. The van der Waals surface area contributed by atoms with E-state index >= 15 is 0 Å². The Morgan fingerprint density at radius 2 is 2.07 bits per heavy atom. The van der Waals surface area contributed by atoms with Crippen LogP contribution in [0, 0.1) is 5.82 Å². The third kappa shape index (κ3) is 2.03. The maximum atomic E-state index is 13.6. The summed E-state index contributed by atoms with van der Waals surface area (Å²) in [6.45, 7) is 1.97. The molecule has 1 heterocycles. The lowest BCUT2D eigenvalue weighted by molar-refractivity contribution is 0.0256. The van der Waals surface area contributed by atoms with Crippen LogP contribution in [-0.4, -0.2) is 19.7 Å². The van der Waals surface area contributed by atoms with Gasteiger partial charge in [-0.05, 0) is 12.1 Å². The van der Waals surface area contributed by atoms with Gasteiger partial charge in [-0.15, -0.1) is 0 Å². The summed E-state index contributed by atoms with van der Waals surface area (Å²) in [7, 11) is 0. The summed E-state index contributed by atoms with van der Waals surface area (Å²) in [5.74, 6) is -0.365. The molecule has 0 aliphatic carbocycles. The molecule has 0 aromatic heterocycles. The molecule has 0 spiro atoms. The molecule has 15 heavy (non-hydrogen) atoms. The molecule has 1 atom stereocenters. The molecule has 1 aromatic carbocycles. The number of ether oxygens (including phenoxy) is 1. The lowest BCUT2D eigenvalue weighted by Crippen LogP contribution is -2.33. The van der Waals surface area contributed by atoms with Crippen LogP contribution < -0.4 is 16.8 Å². The third-order valence-electron chi connectivity index (χ3n) is 2.48. The van der Waals surface area contributed by atoms with Gasteiger partial charge in [0.2, 0.25) is 0 Å². The Morgan fingerprint density at radius 1 is 1.33 bits per heavy atom. The van der Waals surface area contributed by atoms with Crippen LogP contribution in [0.3, 0.4) is 0 Å². The normalized spacial score (nSPS) is 21.5. The van der Waals surface area contributed by atoms with Crippen molar-refractivity contribution in [2.24, 2.45) is 0 Å². The van der Waals surface area contributed by atoms with Gasteiger partial charge in [0.05, 0.1) is 24.1 Å². The molecule has 2 rings (SSSR count). The van der Waals surface area contributed by atoms with Gasteiger partial charge >= 0.3 is 0 Å². The predicted molar refractivity (Wildman–Crippen MR) is 56.8 cm³/mol. The molecule has 1 fully saturated rings. The number of anilines is 2. The van der Waals surface area contributed by atoms with Crippen molar-refractivity contribution in [3.63, 3.8) is 0 Å². The molecule has 0 saturated carbocycles. The highest BCUT2D eigenvalue weighted by Crippen LogP contribution is 2.27. The van der Waals surface area contributed by atoms with Gasteiger partial charge in [0.15, 0.2) is 0 Å². The number of hydrogen-bond acceptors (Lipinski definition) is 4. The molecule has 0 radical (unpaired) electrons. The van der Waals surface area contributed by atoms with Crippen LogP contribution >= 0.6 is 0 Å². The van der Waals surface area contributed by atoms with E-state index in [0.717, 1.165) is 6.54 Å². The van der Waals surface area contributed by atoms with Crippen LogP contribution in [0.25, 0.3) is 0 Å². The highest BCUT2D eigenvalue weighted by atomic mass is 19.1. The minimum absolute atomic E-state index is 0.264. The van der Waals surface area contributed by atoms with E-state index in [9.17, 15) is 4.39 Å². The zero-order chi connectivity index (χ0) is 10.8. The lowest BCUT2D eigenvalue weighted by atomic mass is 10.1. The predicted octanol–water partition coefficient (Wildman–Crippen LogP) is 0.651. The van der Waals surface area contributed by atoms with Crippen molar-refractivity contribution in [2.75, 3.05) is 31.2 Å². The van der Waals surface area contributed by atoms with Crippen molar-refractivity contribution in [1.82, 2.24) is 5.32 Å². The van der Waals surface area contributed by atoms with Crippen molar-refractivity contribution in [2.45, 2.75) is 6.10 Å². The first-order valence-electron chi connectivity index (χ1n) is 4.85. The molecule has 5 heteroatoms. The first-order chi connectivity index (χ1) is 7.18. The Balaban J connectivity index is 2.30. The monoisotopic (exact) mass is 211 g/mol. The molecule has 1 saturated heterocycles. The van der Waals surface area contributed by atoms with Gasteiger partial charge in [-0.3, -0.25) is 0 Å². The number of halogens is 1. The summed E-state index contributed by atoms with van der Waals surface area (Å²) in [6.07, 6.45) is -0.276. The Kier molecular flexibility index (Phi) is 2.75. The number of nitrogens with two attached hydrogens (primary N) is 2. The highest BCUT2D eigenvalue weighted by molar-refractivity contribution is 5.64. The molecule has 1 aliphatic rings. The molecule has 82 valence electrons. The average molecular weight is 211 g/mol. The zero-order valence-electron chi connectivity index (χ0n) is 8.29. The maximum absolute atomic E-state index is 13.6. The Morgan fingerprint density at radius 3 is 2.73 bits per heavy atom. The smallest absolute Gasteiger partial charge is 0.131 e. The fourth-order valence-electron chi connectivity index (χ4n) is 1.63. The van der Waals surface area contributed by atoms with Crippen molar-refractivity contribution >= 4 is 11.4 Å². The molecule has 1 aliphatic heterocycles. The minimum atomic E-state index is -0.365. The van der Waals surface area contributed by atoms with Crippen LogP contribution in [0.2, 0.25) is 0 Å². The first kappa shape index (κ1) is 10.2. The van der Waals surface area contributed by atoms with E-state index in [4.69, 9.17) is 16.2 Å². The van der Waals surface area contributed by atoms with Gasteiger partial charge in [-0.2, -0.15) is 0 Å². The second-order valence-electron chi connectivity index (χ2n) is 3.57. The third-order valence-corrected chi connectivity index (χ3v) is 2.48.